The highest BCUT2D eigenvalue weighted by Gasteiger charge is 2.19. The molecular weight excluding hydrogens is 401 g/mol. The lowest BCUT2D eigenvalue weighted by Crippen LogP contribution is -2.30. The van der Waals surface area contributed by atoms with E-state index in [9.17, 15) is 9.59 Å². The zero-order valence-electron chi connectivity index (χ0n) is 16.1. The molecule has 1 amide bonds. The topological polar surface area (TPSA) is 64.6 Å². The number of nitrogens with one attached hydrogen (secondary N) is 1. The molecule has 0 aliphatic heterocycles. The van der Waals surface area contributed by atoms with E-state index < -0.39 is 24.6 Å². The van der Waals surface area contributed by atoms with E-state index in [0.717, 1.165) is 29.7 Å². The van der Waals surface area contributed by atoms with Crippen molar-refractivity contribution in [2.45, 2.75) is 39.7 Å². The zero-order chi connectivity index (χ0) is 20.7. The number of ether oxygens (including phenoxy) is 2. The lowest BCUT2D eigenvalue weighted by atomic mass is 10.0. The molecule has 5 nitrogen and oxygen atoms in total. The van der Waals surface area contributed by atoms with Gasteiger partial charge < -0.3 is 14.8 Å². The van der Waals surface area contributed by atoms with Crippen LogP contribution in [-0.4, -0.2) is 24.6 Å². The van der Waals surface area contributed by atoms with Crippen LogP contribution in [-0.2, 0) is 27.2 Å². The van der Waals surface area contributed by atoms with Crippen molar-refractivity contribution < 1.29 is 19.1 Å². The molecule has 0 saturated heterocycles. The van der Waals surface area contributed by atoms with E-state index >= 15 is 0 Å². The van der Waals surface area contributed by atoms with Crippen LogP contribution in [0.1, 0.15) is 31.9 Å². The Kier molecular flexibility index (Phi) is 8.15. The number of anilines is 1. The van der Waals surface area contributed by atoms with Crippen molar-refractivity contribution in [3.8, 4) is 5.75 Å². The number of esters is 1. The molecule has 2 rings (SSSR count). The molecule has 7 heteroatoms. The fourth-order valence-electron chi connectivity index (χ4n) is 2.64. The molecule has 1 atom stereocenters. The van der Waals surface area contributed by atoms with Crippen molar-refractivity contribution in [3.05, 3.63) is 57.6 Å². The van der Waals surface area contributed by atoms with Gasteiger partial charge >= 0.3 is 5.97 Å². The highest BCUT2D eigenvalue weighted by molar-refractivity contribution is 6.35. The molecular formula is C21H23Cl2NO4. The van der Waals surface area contributed by atoms with Gasteiger partial charge in [0.25, 0.3) is 5.91 Å². The molecule has 0 aromatic heterocycles. The number of benzene rings is 2. The molecule has 0 fully saturated rings. The average molecular weight is 424 g/mol. The number of para-hydroxylation sites is 1. The maximum absolute atomic E-state index is 12.3. The summed E-state index contributed by atoms with van der Waals surface area (Å²) in [5, 5.41) is 3.59. The van der Waals surface area contributed by atoms with Crippen LogP contribution in [0.2, 0.25) is 10.0 Å². The van der Waals surface area contributed by atoms with Crippen LogP contribution in [0.15, 0.2) is 36.4 Å². The van der Waals surface area contributed by atoms with E-state index in [1.54, 1.807) is 12.1 Å². The fourth-order valence-corrected chi connectivity index (χ4v) is 3.10. The van der Waals surface area contributed by atoms with E-state index in [4.69, 9.17) is 32.7 Å². The first-order valence-corrected chi connectivity index (χ1v) is 9.80. The first kappa shape index (κ1) is 22.1. The summed E-state index contributed by atoms with van der Waals surface area (Å²) < 4.78 is 10.6. The Labute approximate surface area is 174 Å². The molecule has 1 N–H and O–H groups in total. The number of amides is 1. The standard InChI is InChI=1S/C21H23Cl2NO4/c1-4-14-7-6-8-15(5-2)20(14)24-19(25)12-27-21(26)13(3)28-18-10-9-16(22)11-17(18)23/h6-11,13H,4-5,12H2,1-3H3,(H,24,25)/t13-/m1/s1. The molecule has 0 bridgehead atoms. The van der Waals surface area contributed by atoms with E-state index in [1.165, 1.54) is 13.0 Å². The molecule has 0 unspecified atom stereocenters. The zero-order valence-corrected chi connectivity index (χ0v) is 17.6. The first-order chi connectivity index (χ1) is 13.3. The largest absolute Gasteiger partial charge is 0.477 e. The molecule has 0 heterocycles. The maximum Gasteiger partial charge on any atom is 0.347 e. The fraction of sp³-hybridized carbons (Fsp3) is 0.333. The van der Waals surface area contributed by atoms with Gasteiger partial charge in [-0.3, -0.25) is 4.79 Å². The molecule has 150 valence electrons. The van der Waals surface area contributed by atoms with Gasteiger partial charge in [-0.1, -0.05) is 55.2 Å². The van der Waals surface area contributed by atoms with Crippen molar-refractivity contribution >= 4 is 40.8 Å². The smallest absolute Gasteiger partial charge is 0.347 e. The lowest BCUT2D eigenvalue weighted by molar-refractivity contribution is -0.153. The Morgan fingerprint density at radius 2 is 1.71 bits per heavy atom. The van der Waals surface area contributed by atoms with Crippen molar-refractivity contribution in [1.82, 2.24) is 0 Å². The third-order valence-electron chi connectivity index (χ3n) is 4.14. The van der Waals surface area contributed by atoms with Gasteiger partial charge in [-0.15, -0.1) is 0 Å². The summed E-state index contributed by atoms with van der Waals surface area (Å²) in [6, 6.07) is 10.6. The van der Waals surface area contributed by atoms with Crippen LogP contribution < -0.4 is 10.1 Å². The van der Waals surface area contributed by atoms with Crippen molar-refractivity contribution in [2.24, 2.45) is 0 Å². The molecule has 2 aromatic carbocycles. The number of rotatable bonds is 8. The Hall–Kier alpha value is -2.24. The second kappa shape index (κ2) is 10.3. The summed E-state index contributed by atoms with van der Waals surface area (Å²) in [5.74, 6) is -0.759. The van der Waals surface area contributed by atoms with Crippen LogP contribution in [0.5, 0.6) is 5.75 Å². The molecule has 0 aliphatic carbocycles. The second-order valence-electron chi connectivity index (χ2n) is 6.15. The van der Waals surface area contributed by atoms with Gasteiger partial charge in [-0.05, 0) is 49.1 Å². The van der Waals surface area contributed by atoms with Gasteiger partial charge in [0.1, 0.15) is 5.75 Å². The Balaban J connectivity index is 1.93. The normalized spacial score (nSPS) is 11.6. The highest BCUT2D eigenvalue weighted by Crippen LogP contribution is 2.28. The first-order valence-electron chi connectivity index (χ1n) is 9.04. The van der Waals surface area contributed by atoms with Crippen molar-refractivity contribution in [2.75, 3.05) is 11.9 Å². The molecule has 2 aromatic rings. The van der Waals surface area contributed by atoms with Gasteiger partial charge in [-0.2, -0.15) is 0 Å². The van der Waals surface area contributed by atoms with E-state index in [2.05, 4.69) is 5.32 Å². The number of carbonyl (C=O) groups excluding carboxylic acids is 2. The van der Waals surface area contributed by atoms with Gasteiger partial charge in [0.05, 0.1) is 5.02 Å². The van der Waals surface area contributed by atoms with Crippen molar-refractivity contribution in [1.29, 1.82) is 0 Å². The number of hydrogen-bond acceptors (Lipinski definition) is 4. The minimum Gasteiger partial charge on any atom is -0.477 e. The number of aryl methyl sites for hydroxylation is 2. The average Bonchev–Trinajstić information content (AvgIpc) is 2.68. The van der Waals surface area contributed by atoms with Crippen LogP contribution >= 0.6 is 23.2 Å². The molecule has 28 heavy (non-hydrogen) atoms. The van der Waals surface area contributed by atoms with Crippen molar-refractivity contribution in [3.63, 3.8) is 0 Å². The van der Waals surface area contributed by atoms with Gasteiger partial charge in [0, 0.05) is 10.7 Å². The third kappa shape index (κ3) is 5.88. The number of halogens is 2. The number of hydrogen-bond donors (Lipinski definition) is 1. The van der Waals surface area contributed by atoms with Gasteiger partial charge in [0.2, 0.25) is 0 Å². The summed E-state index contributed by atoms with van der Waals surface area (Å²) in [5.41, 5.74) is 2.85. The minimum atomic E-state index is -0.930. The lowest BCUT2D eigenvalue weighted by Gasteiger charge is -2.16. The predicted molar refractivity (Wildman–Crippen MR) is 111 cm³/mol. The highest BCUT2D eigenvalue weighted by atomic mass is 35.5. The molecule has 0 saturated carbocycles. The van der Waals surface area contributed by atoms with E-state index in [1.807, 2.05) is 32.0 Å². The SMILES string of the molecule is CCc1cccc(CC)c1NC(=O)COC(=O)[C@@H](C)Oc1ccc(Cl)cc1Cl. The second-order valence-corrected chi connectivity index (χ2v) is 6.99. The Morgan fingerprint density at radius 1 is 1.07 bits per heavy atom. The molecule has 0 spiro atoms. The van der Waals surface area contributed by atoms with E-state index in [-0.39, 0.29) is 5.02 Å². The monoisotopic (exact) mass is 423 g/mol. The maximum atomic E-state index is 12.3. The van der Waals surface area contributed by atoms with Crippen LogP contribution in [0.3, 0.4) is 0 Å². The third-order valence-corrected chi connectivity index (χ3v) is 4.67. The molecule has 0 radical (unpaired) electrons. The summed E-state index contributed by atoms with van der Waals surface area (Å²) in [7, 11) is 0. The van der Waals surface area contributed by atoms with Gasteiger partial charge in [0.15, 0.2) is 12.7 Å². The summed E-state index contributed by atoms with van der Waals surface area (Å²) in [6.07, 6.45) is 0.645. The van der Waals surface area contributed by atoms with Crippen LogP contribution in [0.25, 0.3) is 0 Å². The Morgan fingerprint density at radius 3 is 2.29 bits per heavy atom. The predicted octanol–water partition coefficient (Wildman–Crippen LogP) is 5.07. The summed E-state index contributed by atoms with van der Waals surface area (Å²) in [6.45, 7) is 5.16. The minimum absolute atomic E-state index is 0.285. The summed E-state index contributed by atoms with van der Waals surface area (Å²) in [4.78, 5) is 24.4. The number of carbonyl (C=O) groups is 2. The van der Waals surface area contributed by atoms with Crippen LogP contribution in [0, 0.1) is 0 Å². The van der Waals surface area contributed by atoms with E-state index in [0.29, 0.717) is 10.8 Å². The molecule has 0 aliphatic rings. The summed E-state index contributed by atoms with van der Waals surface area (Å²) >= 11 is 11.9. The Bertz CT molecular complexity index is 832. The quantitative estimate of drug-likeness (QED) is 0.602. The van der Waals surface area contributed by atoms with Crippen LogP contribution in [0.4, 0.5) is 5.69 Å². The van der Waals surface area contributed by atoms with Gasteiger partial charge in [-0.25, -0.2) is 4.79 Å².